The van der Waals surface area contributed by atoms with E-state index in [4.69, 9.17) is 17.0 Å². The second-order valence-electron chi connectivity index (χ2n) is 3.94. The van der Waals surface area contributed by atoms with Gasteiger partial charge >= 0.3 is 0 Å². The van der Waals surface area contributed by atoms with E-state index in [2.05, 4.69) is 9.88 Å². The third kappa shape index (κ3) is 2.50. The molecule has 2 heterocycles. The zero-order valence-corrected chi connectivity index (χ0v) is 10.3. The summed E-state index contributed by atoms with van der Waals surface area (Å²) in [6.45, 7) is 2.15. The van der Waals surface area contributed by atoms with E-state index in [0.29, 0.717) is 5.88 Å². The number of aromatic nitrogens is 1. The van der Waals surface area contributed by atoms with Crippen molar-refractivity contribution in [3.8, 4) is 5.88 Å². The molecule has 0 bridgehead atoms. The van der Waals surface area contributed by atoms with Crippen LogP contribution in [0.3, 0.4) is 0 Å². The van der Waals surface area contributed by atoms with Crippen molar-refractivity contribution in [1.82, 2.24) is 9.88 Å². The van der Waals surface area contributed by atoms with Crippen LogP contribution in [-0.4, -0.2) is 35.1 Å². The lowest BCUT2D eigenvalue weighted by Crippen LogP contribution is -2.34. The molecule has 1 aliphatic rings. The van der Waals surface area contributed by atoms with Crippen LogP contribution < -0.4 is 4.74 Å². The summed E-state index contributed by atoms with van der Waals surface area (Å²) in [7, 11) is 1.62. The minimum Gasteiger partial charge on any atom is -0.481 e. The van der Waals surface area contributed by atoms with Gasteiger partial charge in [-0.3, -0.25) is 0 Å². The molecule has 0 aliphatic carbocycles. The molecule has 0 N–H and O–H groups in total. The van der Waals surface area contributed by atoms with E-state index < -0.39 is 0 Å². The number of piperidine rings is 1. The molecule has 1 aromatic rings. The zero-order chi connectivity index (χ0) is 11.4. The van der Waals surface area contributed by atoms with Gasteiger partial charge in [-0.05, 0) is 25.3 Å². The van der Waals surface area contributed by atoms with Crippen LogP contribution in [0.1, 0.15) is 24.8 Å². The molecule has 4 heteroatoms. The minimum absolute atomic E-state index is 0.622. The zero-order valence-electron chi connectivity index (χ0n) is 9.48. The van der Waals surface area contributed by atoms with Crippen LogP contribution in [0.4, 0.5) is 0 Å². The normalized spacial score (nSPS) is 15.9. The van der Waals surface area contributed by atoms with Crippen LogP contribution in [-0.2, 0) is 0 Å². The minimum atomic E-state index is 0.622. The summed E-state index contributed by atoms with van der Waals surface area (Å²) in [4.78, 5) is 7.27. The first-order valence-corrected chi connectivity index (χ1v) is 6.01. The van der Waals surface area contributed by atoms with Gasteiger partial charge in [0.25, 0.3) is 0 Å². The molecule has 0 aromatic carbocycles. The third-order valence-electron chi connectivity index (χ3n) is 2.83. The van der Waals surface area contributed by atoms with Gasteiger partial charge in [0.1, 0.15) is 4.99 Å². The highest BCUT2D eigenvalue weighted by Crippen LogP contribution is 2.16. The lowest BCUT2D eigenvalue weighted by atomic mass is 10.1. The fraction of sp³-hybridized carbons (Fsp3) is 0.500. The molecular formula is C12H16N2OS. The molecular weight excluding hydrogens is 220 g/mol. The second-order valence-corrected chi connectivity index (χ2v) is 4.33. The van der Waals surface area contributed by atoms with Crippen LogP contribution in [0.5, 0.6) is 5.88 Å². The Labute approximate surface area is 101 Å². The van der Waals surface area contributed by atoms with E-state index in [0.717, 1.165) is 23.6 Å². The molecule has 1 fully saturated rings. The van der Waals surface area contributed by atoms with Crippen LogP contribution in [0, 0.1) is 0 Å². The number of methoxy groups -OCH3 is 1. The maximum Gasteiger partial charge on any atom is 0.213 e. The number of rotatable bonds is 2. The first-order chi connectivity index (χ1) is 7.81. The molecule has 0 saturated carbocycles. The summed E-state index contributed by atoms with van der Waals surface area (Å²) in [5.74, 6) is 0.622. The van der Waals surface area contributed by atoms with Gasteiger partial charge in [-0.15, -0.1) is 0 Å². The molecule has 0 atom stereocenters. The van der Waals surface area contributed by atoms with Crippen LogP contribution in [0.25, 0.3) is 0 Å². The number of ether oxygens (including phenoxy) is 1. The second kappa shape index (κ2) is 5.25. The summed E-state index contributed by atoms with van der Waals surface area (Å²) < 4.78 is 5.10. The largest absolute Gasteiger partial charge is 0.481 e. The van der Waals surface area contributed by atoms with Gasteiger partial charge in [-0.25, -0.2) is 4.98 Å². The van der Waals surface area contributed by atoms with E-state index >= 15 is 0 Å². The first kappa shape index (κ1) is 11.3. The van der Waals surface area contributed by atoms with Crippen LogP contribution in [0.2, 0.25) is 0 Å². The quantitative estimate of drug-likeness (QED) is 0.735. The van der Waals surface area contributed by atoms with Crippen LogP contribution in [0.15, 0.2) is 18.3 Å². The number of pyridine rings is 1. The van der Waals surface area contributed by atoms with E-state index in [1.807, 2.05) is 12.1 Å². The fourth-order valence-electron chi connectivity index (χ4n) is 1.93. The van der Waals surface area contributed by atoms with Gasteiger partial charge in [0.15, 0.2) is 0 Å². The molecule has 0 amide bonds. The van der Waals surface area contributed by atoms with Crippen molar-refractivity contribution >= 4 is 17.2 Å². The molecule has 1 aliphatic heterocycles. The smallest absolute Gasteiger partial charge is 0.213 e. The summed E-state index contributed by atoms with van der Waals surface area (Å²) >= 11 is 5.49. The Morgan fingerprint density at radius 3 is 2.81 bits per heavy atom. The molecule has 86 valence electrons. The number of nitrogens with zero attached hydrogens (tertiary/aromatic N) is 2. The summed E-state index contributed by atoms with van der Waals surface area (Å²) in [5.41, 5.74) is 1.03. The molecule has 0 radical (unpaired) electrons. The molecule has 2 rings (SSSR count). The third-order valence-corrected chi connectivity index (χ3v) is 3.33. The lowest BCUT2D eigenvalue weighted by molar-refractivity contribution is 0.347. The SMILES string of the molecule is COc1cc(C(=S)N2CCCCC2)ccn1. The molecule has 1 saturated heterocycles. The first-order valence-electron chi connectivity index (χ1n) is 5.60. The Bertz CT molecular complexity index is 375. The molecule has 0 unspecified atom stereocenters. The van der Waals surface area contributed by atoms with Gasteiger partial charge in [0, 0.05) is 30.9 Å². The van der Waals surface area contributed by atoms with Crippen molar-refractivity contribution in [3.63, 3.8) is 0 Å². The van der Waals surface area contributed by atoms with E-state index in [1.165, 1.54) is 19.3 Å². The molecule has 1 aromatic heterocycles. The van der Waals surface area contributed by atoms with Gasteiger partial charge in [0.2, 0.25) is 5.88 Å². The highest BCUT2D eigenvalue weighted by Gasteiger charge is 2.15. The topological polar surface area (TPSA) is 25.4 Å². The van der Waals surface area contributed by atoms with Crippen molar-refractivity contribution in [2.24, 2.45) is 0 Å². The molecule has 0 spiro atoms. The van der Waals surface area contributed by atoms with Gasteiger partial charge in [-0.2, -0.15) is 0 Å². The van der Waals surface area contributed by atoms with Gasteiger partial charge in [0.05, 0.1) is 7.11 Å². The number of thiocarbonyl (C=S) groups is 1. The average Bonchev–Trinajstić information content (AvgIpc) is 2.39. The molecule has 16 heavy (non-hydrogen) atoms. The van der Waals surface area contributed by atoms with Crippen LogP contribution >= 0.6 is 12.2 Å². The van der Waals surface area contributed by atoms with Crippen molar-refractivity contribution < 1.29 is 4.74 Å². The van der Waals surface area contributed by atoms with Gasteiger partial charge in [-0.1, -0.05) is 12.2 Å². The Morgan fingerprint density at radius 1 is 1.38 bits per heavy atom. The van der Waals surface area contributed by atoms with Crippen molar-refractivity contribution in [1.29, 1.82) is 0 Å². The lowest BCUT2D eigenvalue weighted by Gasteiger charge is -2.29. The Morgan fingerprint density at radius 2 is 2.12 bits per heavy atom. The number of hydrogen-bond donors (Lipinski definition) is 0. The highest BCUT2D eigenvalue weighted by atomic mass is 32.1. The van der Waals surface area contributed by atoms with Crippen molar-refractivity contribution in [2.45, 2.75) is 19.3 Å². The summed E-state index contributed by atoms with van der Waals surface area (Å²) in [6.07, 6.45) is 5.54. The van der Waals surface area contributed by atoms with Crippen molar-refractivity contribution in [2.75, 3.05) is 20.2 Å². The highest BCUT2D eigenvalue weighted by molar-refractivity contribution is 7.80. The number of hydrogen-bond acceptors (Lipinski definition) is 3. The average molecular weight is 236 g/mol. The monoisotopic (exact) mass is 236 g/mol. The maximum absolute atomic E-state index is 5.49. The summed E-state index contributed by atoms with van der Waals surface area (Å²) in [5, 5.41) is 0. The maximum atomic E-state index is 5.49. The van der Waals surface area contributed by atoms with E-state index in [1.54, 1.807) is 13.3 Å². The Balaban J connectivity index is 2.12. The predicted octanol–water partition coefficient (Wildman–Crippen LogP) is 2.25. The fourth-order valence-corrected chi connectivity index (χ4v) is 2.24. The summed E-state index contributed by atoms with van der Waals surface area (Å²) in [6, 6.07) is 3.84. The Kier molecular flexibility index (Phi) is 3.72. The van der Waals surface area contributed by atoms with Crippen molar-refractivity contribution in [3.05, 3.63) is 23.9 Å². The Hall–Kier alpha value is -1.16. The van der Waals surface area contributed by atoms with E-state index in [9.17, 15) is 0 Å². The van der Waals surface area contributed by atoms with E-state index in [-0.39, 0.29) is 0 Å². The number of likely N-dealkylation sites (tertiary alicyclic amines) is 1. The standard InChI is InChI=1S/C12H16N2OS/c1-15-11-9-10(5-6-13-11)12(16)14-7-3-2-4-8-14/h5-6,9H,2-4,7-8H2,1H3. The molecule has 3 nitrogen and oxygen atoms in total. The predicted molar refractivity (Wildman–Crippen MR) is 67.9 cm³/mol. The van der Waals surface area contributed by atoms with Gasteiger partial charge < -0.3 is 9.64 Å².